The van der Waals surface area contributed by atoms with Gasteiger partial charge in [-0.25, -0.2) is 8.42 Å². The van der Waals surface area contributed by atoms with Crippen molar-refractivity contribution in [1.82, 2.24) is 9.29 Å². The second-order valence-corrected chi connectivity index (χ2v) is 8.64. The van der Waals surface area contributed by atoms with E-state index < -0.39 is 10.0 Å². The predicted molar refractivity (Wildman–Crippen MR) is 86.6 cm³/mol. The van der Waals surface area contributed by atoms with E-state index in [0.717, 1.165) is 21.8 Å². The van der Waals surface area contributed by atoms with Gasteiger partial charge in [0.25, 0.3) is 10.0 Å². The van der Waals surface area contributed by atoms with E-state index in [1.54, 1.807) is 18.7 Å². The Labute approximate surface area is 132 Å². The van der Waals surface area contributed by atoms with Crippen molar-refractivity contribution in [3.8, 4) is 0 Å². The van der Waals surface area contributed by atoms with Gasteiger partial charge in [0.05, 0.1) is 0 Å². The van der Waals surface area contributed by atoms with E-state index in [2.05, 4.69) is 4.98 Å². The Bertz CT molecular complexity index is 776. The number of aromatic nitrogens is 1. The van der Waals surface area contributed by atoms with E-state index in [0.29, 0.717) is 5.69 Å². The highest BCUT2D eigenvalue weighted by atomic mass is 32.2. The molecule has 0 aliphatic heterocycles. The molecule has 0 unspecified atom stereocenters. The molecule has 114 valence electrons. The van der Waals surface area contributed by atoms with Crippen LogP contribution in [0.5, 0.6) is 0 Å². The average Bonchev–Trinajstić information content (AvgIpc) is 2.79. The molecule has 1 aromatic carbocycles. The third-order valence-corrected chi connectivity index (χ3v) is 7.12. The fourth-order valence-corrected chi connectivity index (χ4v) is 4.91. The lowest BCUT2D eigenvalue weighted by Crippen LogP contribution is -2.26. The van der Waals surface area contributed by atoms with Gasteiger partial charge in [-0.3, -0.25) is 4.79 Å². The van der Waals surface area contributed by atoms with E-state index in [4.69, 9.17) is 0 Å². The summed E-state index contributed by atoms with van der Waals surface area (Å²) in [5, 5.41) is 0. The maximum absolute atomic E-state index is 12.5. The number of benzene rings is 1. The summed E-state index contributed by atoms with van der Waals surface area (Å²) in [6.45, 7) is 1.86. The number of H-pyrrole nitrogens is 1. The number of rotatable bonds is 5. The molecule has 0 aliphatic rings. The minimum absolute atomic E-state index is 0.0794. The molecule has 2 rings (SSSR count). The first-order valence-corrected chi connectivity index (χ1v) is 9.61. The molecular weight excluding hydrogens is 328 g/mol. The lowest BCUT2D eigenvalue weighted by Gasteiger charge is -2.16. The zero-order valence-corrected chi connectivity index (χ0v) is 14.4. The van der Waals surface area contributed by atoms with Crippen LogP contribution in [-0.4, -0.2) is 31.0 Å². The Kier molecular flexibility index (Phi) is 4.92. The highest BCUT2D eigenvalue weighted by molar-refractivity contribution is 7.98. The van der Waals surface area contributed by atoms with Gasteiger partial charge in [0.15, 0.2) is 4.21 Å². The zero-order chi connectivity index (χ0) is 15.6. The number of hydrogen-bond acceptors (Lipinski definition) is 5. The SMILES string of the molecule is CSc1ccc(CN(C)S(=O)(=O)c2sc(=O)[nH]c2C)cc1. The van der Waals surface area contributed by atoms with E-state index in [1.807, 2.05) is 30.5 Å². The van der Waals surface area contributed by atoms with Gasteiger partial charge in [-0.1, -0.05) is 23.5 Å². The number of thiazole rings is 1. The third kappa shape index (κ3) is 3.57. The summed E-state index contributed by atoms with van der Waals surface area (Å²) in [4.78, 5) is 14.6. The fraction of sp³-hybridized carbons (Fsp3) is 0.308. The zero-order valence-electron chi connectivity index (χ0n) is 11.9. The number of aromatic amines is 1. The van der Waals surface area contributed by atoms with Crippen LogP contribution >= 0.6 is 23.1 Å². The number of sulfonamides is 1. The van der Waals surface area contributed by atoms with Crippen molar-refractivity contribution in [1.29, 1.82) is 0 Å². The van der Waals surface area contributed by atoms with Crippen molar-refractivity contribution in [3.05, 3.63) is 45.2 Å². The van der Waals surface area contributed by atoms with Gasteiger partial charge in [0.1, 0.15) is 0 Å². The first-order chi connectivity index (χ1) is 9.84. The molecule has 0 amide bonds. The number of thioether (sulfide) groups is 1. The van der Waals surface area contributed by atoms with Gasteiger partial charge in [0, 0.05) is 24.2 Å². The highest BCUT2D eigenvalue weighted by Gasteiger charge is 2.25. The van der Waals surface area contributed by atoms with Crippen LogP contribution in [0, 0.1) is 6.92 Å². The molecule has 0 saturated heterocycles. The molecule has 1 N–H and O–H groups in total. The molecule has 0 radical (unpaired) electrons. The topological polar surface area (TPSA) is 70.2 Å². The fourth-order valence-electron chi connectivity index (χ4n) is 1.85. The van der Waals surface area contributed by atoms with E-state index in [-0.39, 0.29) is 15.6 Å². The number of aryl methyl sites for hydroxylation is 1. The second kappa shape index (κ2) is 6.35. The maximum atomic E-state index is 12.5. The Morgan fingerprint density at radius 3 is 2.38 bits per heavy atom. The Hall–Kier alpha value is -1.09. The van der Waals surface area contributed by atoms with Gasteiger partial charge >= 0.3 is 4.87 Å². The van der Waals surface area contributed by atoms with Gasteiger partial charge in [-0.2, -0.15) is 4.31 Å². The molecule has 0 bridgehead atoms. The van der Waals surface area contributed by atoms with Gasteiger partial charge in [-0.05, 0) is 30.9 Å². The molecule has 0 atom stereocenters. The smallest absolute Gasteiger partial charge is 0.305 e. The number of nitrogens with one attached hydrogen (secondary N) is 1. The molecule has 0 aliphatic carbocycles. The third-order valence-electron chi connectivity index (χ3n) is 2.99. The second-order valence-electron chi connectivity index (χ2n) is 4.54. The molecule has 1 heterocycles. The minimum Gasteiger partial charge on any atom is -0.315 e. The molecule has 8 heteroatoms. The summed E-state index contributed by atoms with van der Waals surface area (Å²) >= 11 is 2.36. The molecule has 0 fully saturated rings. The van der Waals surface area contributed by atoms with Crippen LogP contribution in [0.25, 0.3) is 0 Å². The summed E-state index contributed by atoms with van der Waals surface area (Å²) in [7, 11) is -2.13. The normalized spacial score (nSPS) is 12.0. The molecule has 0 spiro atoms. The van der Waals surface area contributed by atoms with Gasteiger partial charge in [0.2, 0.25) is 0 Å². The Morgan fingerprint density at radius 1 is 1.29 bits per heavy atom. The van der Waals surface area contributed by atoms with Crippen molar-refractivity contribution in [3.63, 3.8) is 0 Å². The predicted octanol–water partition coefficient (Wildman–Crippen LogP) is 2.29. The van der Waals surface area contributed by atoms with Crippen LogP contribution in [0.2, 0.25) is 0 Å². The largest absolute Gasteiger partial charge is 0.315 e. The molecule has 21 heavy (non-hydrogen) atoms. The maximum Gasteiger partial charge on any atom is 0.305 e. The van der Waals surface area contributed by atoms with E-state index in [1.165, 1.54) is 11.4 Å². The lowest BCUT2D eigenvalue weighted by atomic mass is 10.2. The van der Waals surface area contributed by atoms with Crippen molar-refractivity contribution >= 4 is 33.1 Å². The van der Waals surface area contributed by atoms with Crippen molar-refractivity contribution < 1.29 is 8.42 Å². The highest BCUT2D eigenvalue weighted by Crippen LogP contribution is 2.22. The van der Waals surface area contributed by atoms with E-state index >= 15 is 0 Å². The van der Waals surface area contributed by atoms with Gasteiger partial charge < -0.3 is 4.98 Å². The average molecular weight is 344 g/mol. The van der Waals surface area contributed by atoms with Crippen LogP contribution in [-0.2, 0) is 16.6 Å². The first-order valence-electron chi connectivity index (χ1n) is 6.13. The minimum atomic E-state index is -3.65. The van der Waals surface area contributed by atoms with Crippen LogP contribution < -0.4 is 4.87 Å². The van der Waals surface area contributed by atoms with Crippen LogP contribution in [0.15, 0.2) is 38.2 Å². The summed E-state index contributed by atoms with van der Waals surface area (Å²) < 4.78 is 26.3. The first kappa shape index (κ1) is 16.3. The summed E-state index contributed by atoms with van der Waals surface area (Å²) in [6.07, 6.45) is 1.99. The number of hydrogen-bond donors (Lipinski definition) is 1. The summed E-state index contributed by atoms with van der Waals surface area (Å²) in [5.74, 6) is 0. The molecule has 1 aromatic heterocycles. The van der Waals surface area contributed by atoms with E-state index in [9.17, 15) is 13.2 Å². The van der Waals surface area contributed by atoms with Gasteiger partial charge in [-0.15, -0.1) is 11.8 Å². The standard InChI is InChI=1S/C13H16N2O3S3/c1-9-12(20-13(16)14-9)21(17,18)15(2)8-10-4-6-11(19-3)7-5-10/h4-7H,8H2,1-3H3,(H,14,16). The van der Waals surface area contributed by atoms with Crippen LogP contribution in [0.1, 0.15) is 11.3 Å². The Morgan fingerprint density at radius 2 is 1.90 bits per heavy atom. The Balaban J connectivity index is 2.24. The number of nitrogens with zero attached hydrogens (tertiary/aromatic N) is 1. The molecule has 0 saturated carbocycles. The molecule has 5 nitrogen and oxygen atoms in total. The van der Waals surface area contributed by atoms with Crippen molar-refractivity contribution in [2.45, 2.75) is 22.6 Å². The molecular formula is C13H16N2O3S3. The van der Waals surface area contributed by atoms with Crippen LogP contribution in [0.3, 0.4) is 0 Å². The van der Waals surface area contributed by atoms with Crippen molar-refractivity contribution in [2.75, 3.05) is 13.3 Å². The quantitative estimate of drug-likeness (QED) is 0.845. The van der Waals surface area contributed by atoms with Crippen LogP contribution in [0.4, 0.5) is 0 Å². The summed E-state index contributed by atoms with van der Waals surface area (Å²) in [6, 6.07) is 7.73. The van der Waals surface area contributed by atoms with Crippen molar-refractivity contribution in [2.24, 2.45) is 0 Å². The monoisotopic (exact) mass is 344 g/mol. The molecule has 2 aromatic rings. The lowest BCUT2D eigenvalue weighted by molar-refractivity contribution is 0.468. The summed E-state index contributed by atoms with van der Waals surface area (Å²) in [5.41, 5.74) is 1.29.